The first-order chi connectivity index (χ1) is 13.1. The second-order valence-electron chi connectivity index (χ2n) is 7.50. The van der Waals surface area contributed by atoms with Crippen molar-refractivity contribution < 1.29 is 4.79 Å². The fourth-order valence-electron chi connectivity index (χ4n) is 3.70. The number of likely N-dealkylation sites (tertiary alicyclic amines) is 1. The van der Waals surface area contributed by atoms with Crippen LogP contribution in [0.15, 0.2) is 54.9 Å². The molecule has 0 bridgehead atoms. The summed E-state index contributed by atoms with van der Waals surface area (Å²) in [6.07, 6.45) is 5.88. The molecule has 5 heteroatoms. The molecule has 1 atom stereocenters. The largest absolute Gasteiger partial charge is 0.348 e. The van der Waals surface area contributed by atoms with Gasteiger partial charge in [-0.05, 0) is 57.1 Å². The Labute approximate surface area is 162 Å². The number of benzene rings is 1. The Hall–Kier alpha value is -2.24. The summed E-state index contributed by atoms with van der Waals surface area (Å²) in [5.41, 5.74) is 2.28. The fraction of sp³-hybridized carbons (Fsp3) is 0.455. The van der Waals surface area contributed by atoms with Crippen molar-refractivity contribution >= 4 is 5.91 Å². The first-order valence-electron chi connectivity index (χ1n) is 9.77. The molecule has 1 fully saturated rings. The van der Waals surface area contributed by atoms with Crippen molar-refractivity contribution in [1.29, 1.82) is 0 Å². The maximum Gasteiger partial charge on any atom is 0.234 e. The highest BCUT2D eigenvalue weighted by Gasteiger charge is 2.25. The van der Waals surface area contributed by atoms with Crippen LogP contribution in [0, 0.1) is 0 Å². The van der Waals surface area contributed by atoms with Gasteiger partial charge in [-0.25, -0.2) is 0 Å². The van der Waals surface area contributed by atoms with Gasteiger partial charge in [0.25, 0.3) is 0 Å². The normalized spacial score (nSPS) is 17.0. The van der Waals surface area contributed by atoms with Crippen LogP contribution in [0.5, 0.6) is 0 Å². The highest BCUT2D eigenvalue weighted by atomic mass is 16.2. The lowest BCUT2D eigenvalue weighted by Crippen LogP contribution is -2.47. The monoisotopic (exact) mass is 366 g/mol. The number of nitrogens with one attached hydrogen (secondary N) is 1. The number of carbonyl (C=O) groups is 1. The molecule has 1 aromatic heterocycles. The van der Waals surface area contributed by atoms with Crippen LogP contribution in [0.2, 0.25) is 0 Å². The van der Waals surface area contributed by atoms with E-state index in [4.69, 9.17) is 0 Å². The number of rotatable bonds is 7. The third-order valence-corrected chi connectivity index (χ3v) is 5.34. The van der Waals surface area contributed by atoms with E-state index < -0.39 is 0 Å². The van der Waals surface area contributed by atoms with Gasteiger partial charge in [-0.3, -0.25) is 14.7 Å². The summed E-state index contributed by atoms with van der Waals surface area (Å²) in [7, 11) is 2.16. The lowest BCUT2D eigenvalue weighted by molar-refractivity contribution is -0.123. The van der Waals surface area contributed by atoms with Crippen LogP contribution < -0.4 is 5.32 Å². The summed E-state index contributed by atoms with van der Waals surface area (Å²) < 4.78 is 0. The average molecular weight is 367 g/mol. The van der Waals surface area contributed by atoms with Crippen LogP contribution in [-0.4, -0.2) is 53.4 Å². The van der Waals surface area contributed by atoms with Crippen molar-refractivity contribution in [3.8, 4) is 0 Å². The number of aromatic nitrogens is 1. The van der Waals surface area contributed by atoms with Crippen molar-refractivity contribution in [2.75, 3.05) is 26.7 Å². The predicted octanol–water partition coefficient (Wildman–Crippen LogP) is 2.86. The molecule has 144 valence electrons. The number of hydrogen-bond donors (Lipinski definition) is 1. The highest BCUT2D eigenvalue weighted by Crippen LogP contribution is 2.18. The van der Waals surface area contributed by atoms with Gasteiger partial charge in [-0.1, -0.05) is 36.4 Å². The standard InChI is InChI=1S/C22H30N4O/c1-18(20-8-4-3-5-9-20)24-22(27)17-26(16-19-7-6-12-23-15-19)21-10-13-25(2)14-11-21/h3-9,12,15,18,21H,10-11,13-14,16-17H2,1-2H3,(H,24,27). The van der Waals surface area contributed by atoms with E-state index >= 15 is 0 Å². The van der Waals surface area contributed by atoms with Crippen molar-refractivity contribution in [1.82, 2.24) is 20.1 Å². The van der Waals surface area contributed by atoms with Gasteiger partial charge in [0, 0.05) is 25.0 Å². The minimum Gasteiger partial charge on any atom is -0.348 e. The SMILES string of the molecule is CC(NC(=O)CN(Cc1cccnc1)C1CCN(C)CC1)c1ccccc1. The molecule has 1 N–H and O–H groups in total. The summed E-state index contributed by atoms with van der Waals surface area (Å²) in [5, 5.41) is 3.15. The van der Waals surface area contributed by atoms with E-state index in [9.17, 15) is 4.79 Å². The molecule has 0 aliphatic carbocycles. The van der Waals surface area contributed by atoms with Gasteiger partial charge >= 0.3 is 0 Å². The van der Waals surface area contributed by atoms with Gasteiger partial charge in [0.1, 0.15) is 0 Å². The number of piperidine rings is 1. The second kappa shape index (κ2) is 9.62. The number of pyridine rings is 1. The zero-order chi connectivity index (χ0) is 19.1. The first-order valence-corrected chi connectivity index (χ1v) is 9.77. The van der Waals surface area contributed by atoms with Gasteiger partial charge < -0.3 is 10.2 Å². The smallest absolute Gasteiger partial charge is 0.234 e. The van der Waals surface area contributed by atoms with Crippen LogP contribution in [0.25, 0.3) is 0 Å². The van der Waals surface area contributed by atoms with Gasteiger partial charge in [-0.15, -0.1) is 0 Å². The zero-order valence-corrected chi connectivity index (χ0v) is 16.3. The van der Waals surface area contributed by atoms with E-state index in [0.717, 1.165) is 43.6 Å². The summed E-state index contributed by atoms with van der Waals surface area (Å²) in [6.45, 7) is 5.37. The van der Waals surface area contributed by atoms with Crippen LogP contribution in [0.4, 0.5) is 0 Å². The van der Waals surface area contributed by atoms with Crippen molar-refractivity contribution in [3.63, 3.8) is 0 Å². The molecule has 27 heavy (non-hydrogen) atoms. The molecule has 3 rings (SSSR count). The van der Waals surface area contributed by atoms with E-state index in [0.29, 0.717) is 12.6 Å². The summed E-state index contributed by atoms with van der Waals surface area (Å²) >= 11 is 0. The molecule has 0 radical (unpaired) electrons. The van der Waals surface area contributed by atoms with Gasteiger partial charge in [0.05, 0.1) is 12.6 Å². The number of nitrogens with zero attached hydrogens (tertiary/aromatic N) is 3. The lowest BCUT2D eigenvalue weighted by Gasteiger charge is -2.37. The Morgan fingerprint density at radius 3 is 2.63 bits per heavy atom. The topological polar surface area (TPSA) is 48.5 Å². The van der Waals surface area contributed by atoms with Crippen LogP contribution in [-0.2, 0) is 11.3 Å². The van der Waals surface area contributed by atoms with E-state index in [-0.39, 0.29) is 11.9 Å². The fourth-order valence-corrected chi connectivity index (χ4v) is 3.70. The van der Waals surface area contributed by atoms with E-state index in [1.165, 1.54) is 0 Å². The molecule has 0 spiro atoms. The Bertz CT molecular complexity index is 699. The number of hydrogen-bond acceptors (Lipinski definition) is 4. The Morgan fingerprint density at radius 2 is 1.96 bits per heavy atom. The maximum absolute atomic E-state index is 12.8. The van der Waals surface area contributed by atoms with Gasteiger partial charge in [-0.2, -0.15) is 0 Å². The third kappa shape index (κ3) is 5.88. The van der Waals surface area contributed by atoms with Crippen molar-refractivity contribution in [2.45, 2.75) is 38.4 Å². The molecular formula is C22H30N4O. The van der Waals surface area contributed by atoms with Gasteiger partial charge in [0.2, 0.25) is 5.91 Å². The van der Waals surface area contributed by atoms with E-state index in [2.05, 4.69) is 45.3 Å². The first kappa shape index (κ1) is 19.5. The van der Waals surface area contributed by atoms with Crippen LogP contribution in [0.1, 0.15) is 36.9 Å². The van der Waals surface area contributed by atoms with E-state index in [1.807, 2.05) is 37.4 Å². The maximum atomic E-state index is 12.8. The highest BCUT2D eigenvalue weighted by molar-refractivity contribution is 5.78. The Morgan fingerprint density at radius 1 is 1.22 bits per heavy atom. The quantitative estimate of drug-likeness (QED) is 0.819. The molecule has 1 aliphatic rings. The lowest BCUT2D eigenvalue weighted by atomic mass is 10.0. The summed E-state index contributed by atoms with van der Waals surface area (Å²) in [5.74, 6) is 0.0779. The third-order valence-electron chi connectivity index (χ3n) is 5.34. The minimum absolute atomic E-state index is 0.0106. The van der Waals surface area contributed by atoms with Crippen molar-refractivity contribution in [3.05, 3.63) is 66.0 Å². The molecular weight excluding hydrogens is 336 g/mol. The molecule has 2 heterocycles. The number of carbonyl (C=O) groups excluding carboxylic acids is 1. The molecule has 1 saturated heterocycles. The molecule has 0 saturated carbocycles. The molecule has 2 aromatic rings. The zero-order valence-electron chi connectivity index (χ0n) is 16.3. The summed E-state index contributed by atoms with van der Waals surface area (Å²) in [4.78, 5) is 21.7. The molecule has 1 amide bonds. The molecule has 5 nitrogen and oxygen atoms in total. The van der Waals surface area contributed by atoms with Crippen LogP contribution in [0.3, 0.4) is 0 Å². The Kier molecular flexibility index (Phi) is 6.96. The average Bonchev–Trinajstić information content (AvgIpc) is 2.69. The van der Waals surface area contributed by atoms with Gasteiger partial charge in [0.15, 0.2) is 0 Å². The molecule has 1 aromatic carbocycles. The van der Waals surface area contributed by atoms with E-state index in [1.54, 1.807) is 6.20 Å². The molecule has 1 unspecified atom stereocenters. The second-order valence-corrected chi connectivity index (χ2v) is 7.50. The van der Waals surface area contributed by atoms with Crippen LogP contribution >= 0.6 is 0 Å². The van der Waals surface area contributed by atoms with Crippen molar-refractivity contribution in [2.24, 2.45) is 0 Å². The molecule has 1 aliphatic heterocycles. The number of amides is 1. The Balaban J connectivity index is 1.64. The predicted molar refractivity (Wildman–Crippen MR) is 108 cm³/mol. The minimum atomic E-state index is 0.0106. The summed E-state index contributed by atoms with van der Waals surface area (Å²) in [6, 6.07) is 14.6.